The SMILES string of the molecule is Cc1ccc(NC(=O)C=Cc2ccc(-c3cccc(Cl)c3Cl)o2)cc1. The summed E-state index contributed by atoms with van der Waals surface area (Å²) < 4.78 is 5.71. The van der Waals surface area contributed by atoms with Gasteiger partial charge >= 0.3 is 0 Å². The lowest BCUT2D eigenvalue weighted by Gasteiger charge is -2.02. The predicted octanol–water partition coefficient (Wildman–Crippen LogP) is 6.21. The molecule has 3 rings (SSSR count). The first kappa shape index (κ1) is 17.3. The maximum Gasteiger partial charge on any atom is 0.248 e. The number of aryl methyl sites for hydroxylation is 1. The van der Waals surface area contributed by atoms with E-state index in [-0.39, 0.29) is 5.91 Å². The molecule has 1 aromatic heterocycles. The molecule has 0 saturated heterocycles. The summed E-state index contributed by atoms with van der Waals surface area (Å²) in [4.78, 5) is 12.0. The Labute approximate surface area is 155 Å². The number of halogens is 2. The Morgan fingerprint density at radius 2 is 1.80 bits per heavy atom. The molecule has 1 amide bonds. The van der Waals surface area contributed by atoms with Crippen LogP contribution in [-0.2, 0) is 4.79 Å². The molecule has 0 aliphatic rings. The van der Waals surface area contributed by atoms with Crippen molar-refractivity contribution in [3.05, 3.63) is 82.0 Å². The fraction of sp³-hybridized carbons (Fsp3) is 0.0500. The smallest absolute Gasteiger partial charge is 0.248 e. The van der Waals surface area contributed by atoms with Crippen LogP contribution >= 0.6 is 23.2 Å². The first-order valence-corrected chi connectivity index (χ1v) is 8.38. The minimum atomic E-state index is -0.234. The summed E-state index contributed by atoms with van der Waals surface area (Å²) in [6.07, 6.45) is 3.02. The van der Waals surface area contributed by atoms with E-state index in [9.17, 15) is 4.79 Å². The quantitative estimate of drug-likeness (QED) is 0.553. The molecule has 0 unspecified atom stereocenters. The Morgan fingerprint density at radius 1 is 1.04 bits per heavy atom. The highest BCUT2D eigenvalue weighted by atomic mass is 35.5. The summed E-state index contributed by atoms with van der Waals surface area (Å²) in [6.45, 7) is 1.99. The molecule has 3 aromatic rings. The van der Waals surface area contributed by atoms with Crippen molar-refractivity contribution in [2.75, 3.05) is 5.32 Å². The third kappa shape index (κ3) is 4.32. The number of carbonyl (C=O) groups excluding carboxylic acids is 1. The van der Waals surface area contributed by atoms with Gasteiger partial charge in [-0.1, -0.05) is 47.0 Å². The van der Waals surface area contributed by atoms with Crippen LogP contribution in [0.15, 0.2) is 65.1 Å². The van der Waals surface area contributed by atoms with E-state index in [0.717, 1.165) is 11.3 Å². The molecular formula is C20H15Cl2NO2. The van der Waals surface area contributed by atoms with E-state index in [1.54, 1.807) is 30.3 Å². The van der Waals surface area contributed by atoms with E-state index >= 15 is 0 Å². The van der Waals surface area contributed by atoms with Gasteiger partial charge in [0.05, 0.1) is 10.0 Å². The average Bonchev–Trinajstić information content (AvgIpc) is 3.06. The van der Waals surface area contributed by atoms with Gasteiger partial charge in [0.2, 0.25) is 5.91 Å². The van der Waals surface area contributed by atoms with E-state index in [1.807, 2.05) is 37.3 Å². The summed E-state index contributed by atoms with van der Waals surface area (Å²) in [5, 5.41) is 3.69. The van der Waals surface area contributed by atoms with Gasteiger partial charge in [0.25, 0.3) is 0 Å². The number of hydrogen-bond acceptors (Lipinski definition) is 2. The Morgan fingerprint density at radius 3 is 2.56 bits per heavy atom. The van der Waals surface area contributed by atoms with Crippen LogP contribution in [0.2, 0.25) is 10.0 Å². The van der Waals surface area contributed by atoms with Crippen molar-refractivity contribution >= 4 is 40.9 Å². The molecule has 0 aliphatic heterocycles. The molecule has 0 aliphatic carbocycles. The van der Waals surface area contributed by atoms with E-state index < -0.39 is 0 Å². The van der Waals surface area contributed by atoms with Crippen molar-refractivity contribution in [3.8, 4) is 11.3 Å². The van der Waals surface area contributed by atoms with Gasteiger partial charge < -0.3 is 9.73 Å². The van der Waals surface area contributed by atoms with E-state index in [4.69, 9.17) is 27.6 Å². The predicted molar refractivity (Wildman–Crippen MR) is 103 cm³/mol. The van der Waals surface area contributed by atoms with Crippen LogP contribution < -0.4 is 5.32 Å². The zero-order valence-corrected chi connectivity index (χ0v) is 14.9. The van der Waals surface area contributed by atoms with E-state index in [1.165, 1.54) is 6.08 Å². The molecule has 1 heterocycles. The van der Waals surface area contributed by atoms with Crippen molar-refractivity contribution in [2.45, 2.75) is 6.92 Å². The molecule has 2 aromatic carbocycles. The Balaban J connectivity index is 1.70. The van der Waals surface area contributed by atoms with Gasteiger partial charge in [0.15, 0.2) is 0 Å². The summed E-state index contributed by atoms with van der Waals surface area (Å²) in [6, 6.07) is 16.5. The summed E-state index contributed by atoms with van der Waals surface area (Å²) in [5.41, 5.74) is 2.58. The normalized spacial score (nSPS) is 11.0. The van der Waals surface area contributed by atoms with Crippen molar-refractivity contribution in [1.29, 1.82) is 0 Å². The second-order valence-electron chi connectivity index (χ2n) is 5.49. The fourth-order valence-corrected chi connectivity index (χ4v) is 2.65. The van der Waals surface area contributed by atoms with Gasteiger partial charge in [-0.05, 0) is 49.4 Å². The average molecular weight is 372 g/mol. The highest BCUT2D eigenvalue weighted by Gasteiger charge is 2.10. The molecular weight excluding hydrogens is 357 g/mol. The second-order valence-corrected chi connectivity index (χ2v) is 6.28. The number of hydrogen-bond donors (Lipinski definition) is 1. The number of rotatable bonds is 4. The van der Waals surface area contributed by atoms with Crippen molar-refractivity contribution < 1.29 is 9.21 Å². The highest BCUT2D eigenvalue weighted by molar-refractivity contribution is 6.43. The van der Waals surface area contributed by atoms with Crippen LogP contribution in [0.3, 0.4) is 0 Å². The number of anilines is 1. The first-order chi connectivity index (χ1) is 12.0. The number of amides is 1. The van der Waals surface area contributed by atoms with E-state index in [2.05, 4.69) is 5.32 Å². The maximum atomic E-state index is 12.0. The number of benzene rings is 2. The third-order valence-corrected chi connectivity index (χ3v) is 4.38. The molecule has 1 N–H and O–H groups in total. The van der Waals surface area contributed by atoms with Crippen molar-refractivity contribution in [1.82, 2.24) is 0 Å². The molecule has 25 heavy (non-hydrogen) atoms. The van der Waals surface area contributed by atoms with Crippen molar-refractivity contribution in [3.63, 3.8) is 0 Å². The summed E-state index contributed by atoms with van der Waals surface area (Å²) >= 11 is 12.2. The molecule has 0 fully saturated rings. The van der Waals surface area contributed by atoms with Gasteiger partial charge in [0, 0.05) is 17.3 Å². The van der Waals surface area contributed by atoms with Gasteiger partial charge in [-0.3, -0.25) is 4.79 Å². The minimum absolute atomic E-state index is 0.234. The van der Waals surface area contributed by atoms with Gasteiger partial charge in [0.1, 0.15) is 11.5 Å². The lowest BCUT2D eigenvalue weighted by atomic mass is 10.2. The molecule has 5 heteroatoms. The topological polar surface area (TPSA) is 42.2 Å². The van der Waals surface area contributed by atoms with Crippen LogP contribution in [-0.4, -0.2) is 5.91 Å². The van der Waals surface area contributed by atoms with Crippen LogP contribution in [0.5, 0.6) is 0 Å². The zero-order valence-electron chi connectivity index (χ0n) is 13.4. The number of furan rings is 1. The van der Waals surface area contributed by atoms with Gasteiger partial charge in [-0.2, -0.15) is 0 Å². The number of carbonyl (C=O) groups is 1. The molecule has 126 valence electrons. The third-order valence-electron chi connectivity index (χ3n) is 3.56. The second kappa shape index (κ2) is 7.60. The molecule has 0 spiro atoms. The fourth-order valence-electron chi connectivity index (χ4n) is 2.26. The van der Waals surface area contributed by atoms with Gasteiger partial charge in [-0.25, -0.2) is 0 Å². The van der Waals surface area contributed by atoms with Crippen LogP contribution in [0.4, 0.5) is 5.69 Å². The Hall–Kier alpha value is -2.49. The van der Waals surface area contributed by atoms with E-state index in [0.29, 0.717) is 27.1 Å². The van der Waals surface area contributed by atoms with Crippen LogP contribution in [0.1, 0.15) is 11.3 Å². The standard InChI is InChI=1S/C20H15Cl2NO2/c1-13-5-7-14(8-6-13)23-19(24)12-10-15-9-11-18(25-15)16-3-2-4-17(21)20(16)22/h2-12H,1H3,(H,23,24). The largest absolute Gasteiger partial charge is 0.457 e. The van der Waals surface area contributed by atoms with Gasteiger partial charge in [-0.15, -0.1) is 0 Å². The highest BCUT2D eigenvalue weighted by Crippen LogP contribution is 2.34. The first-order valence-electron chi connectivity index (χ1n) is 7.63. The Bertz CT molecular complexity index is 927. The molecule has 3 nitrogen and oxygen atoms in total. The summed E-state index contributed by atoms with van der Waals surface area (Å²) in [5.74, 6) is 0.902. The lowest BCUT2D eigenvalue weighted by molar-refractivity contribution is -0.111. The van der Waals surface area contributed by atoms with Crippen LogP contribution in [0, 0.1) is 6.92 Å². The Kier molecular flexibility index (Phi) is 5.27. The minimum Gasteiger partial charge on any atom is -0.457 e. The zero-order chi connectivity index (χ0) is 17.8. The molecule has 0 radical (unpaired) electrons. The number of nitrogens with one attached hydrogen (secondary N) is 1. The summed E-state index contributed by atoms with van der Waals surface area (Å²) in [7, 11) is 0. The lowest BCUT2D eigenvalue weighted by Crippen LogP contribution is -2.07. The molecule has 0 bridgehead atoms. The van der Waals surface area contributed by atoms with Crippen LogP contribution in [0.25, 0.3) is 17.4 Å². The van der Waals surface area contributed by atoms with Crippen molar-refractivity contribution in [2.24, 2.45) is 0 Å². The monoisotopic (exact) mass is 371 g/mol. The molecule has 0 atom stereocenters. The molecule has 0 saturated carbocycles. The maximum absolute atomic E-state index is 12.0.